The highest BCUT2D eigenvalue weighted by molar-refractivity contribution is 7.92. The van der Waals surface area contributed by atoms with Crippen molar-refractivity contribution in [1.29, 1.82) is 0 Å². The zero-order valence-electron chi connectivity index (χ0n) is 12.6. The molecule has 6 nitrogen and oxygen atoms in total. The first-order valence-corrected chi connectivity index (χ1v) is 9.20. The van der Waals surface area contributed by atoms with E-state index in [1.54, 1.807) is 18.2 Å². The van der Waals surface area contributed by atoms with Crippen molar-refractivity contribution in [3.8, 4) is 11.6 Å². The lowest BCUT2D eigenvalue weighted by Gasteiger charge is -2.11. The van der Waals surface area contributed by atoms with E-state index >= 15 is 0 Å². The standard InChI is InChI=1S/C16H11Cl2N3O3S/c17-11-4-5-14(18)15(8-11)25(22,23)21-12-2-1-3-13(9-12)24-16-10-19-6-7-20-16/h1-10,21H. The molecule has 0 saturated heterocycles. The molecule has 0 atom stereocenters. The first-order valence-electron chi connectivity index (χ1n) is 6.96. The molecule has 2 aromatic carbocycles. The molecule has 3 aromatic rings. The lowest BCUT2D eigenvalue weighted by Crippen LogP contribution is -2.13. The van der Waals surface area contributed by atoms with Crippen LogP contribution in [0.1, 0.15) is 0 Å². The van der Waals surface area contributed by atoms with Crippen molar-refractivity contribution in [2.75, 3.05) is 4.72 Å². The van der Waals surface area contributed by atoms with Crippen molar-refractivity contribution < 1.29 is 13.2 Å². The molecule has 0 amide bonds. The number of benzene rings is 2. The molecule has 0 aliphatic heterocycles. The van der Waals surface area contributed by atoms with Crippen LogP contribution in [-0.4, -0.2) is 18.4 Å². The van der Waals surface area contributed by atoms with E-state index in [2.05, 4.69) is 14.7 Å². The second-order valence-corrected chi connectivity index (χ2v) is 7.35. The van der Waals surface area contributed by atoms with Crippen molar-refractivity contribution in [2.45, 2.75) is 4.90 Å². The summed E-state index contributed by atoms with van der Waals surface area (Å²) in [6.45, 7) is 0. The number of anilines is 1. The van der Waals surface area contributed by atoms with E-state index in [1.165, 1.54) is 42.9 Å². The van der Waals surface area contributed by atoms with Crippen LogP contribution >= 0.6 is 23.2 Å². The Morgan fingerprint density at radius 2 is 1.88 bits per heavy atom. The summed E-state index contributed by atoms with van der Waals surface area (Å²) < 4.78 is 33.0. The second-order valence-electron chi connectivity index (χ2n) is 4.85. The van der Waals surface area contributed by atoms with Gasteiger partial charge >= 0.3 is 0 Å². The smallest absolute Gasteiger partial charge is 0.263 e. The van der Waals surface area contributed by atoms with Gasteiger partial charge in [-0.25, -0.2) is 13.4 Å². The number of sulfonamides is 1. The fourth-order valence-electron chi connectivity index (χ4n) is 1.98. The van der Waals surface area contributed by atoms with Crippen molar-refractivity contribution in [3.05, 3.63) is 71.1 Å². The maximum absolute atomic E-state index is 12.5. The van der Waals surface area contributed by atoms with Gasteiger partial charge in [0.25, 0.3) is 10.0 Å². The maximum atomic E-state index is 12.5. The highest BCUT2D eigenvalue weighted by Crippen LogP contribution is 2.28. The summed E-state index contributed by atoms with van der Waals surface area (Å²) in [6.07, 6.45) is 4.46. The van der Waals surface area contributed by atoms with Crippen molar-refractivity contribution in [1.82, 2.24) is 9.97 Å². The molecule has 0 unspecified atom stereocenters. The van der Waals surface area contributed by atoms with Gasteiger partial charge in [-0.1, -0.05) is 29.3 Å². The summed E-state index contributed by atoms with van der Waals surface area (Å²) in [5, 5.41) is 0.341. The van der Waals surface area contributed by atoms with Gasteiger partial charge in [-0.05, 0) is 30.3 Å². The minimum atomic E-state index is -3.91. The van der Waals surface area contributed by atoms with Gasteiger partial charge in [0.2, 0.25) is 5.88 Å². The third-order valence-electron chi connectivity index (χ3n) is 3.03. The molecule has 0 bridgehead atoms. The van der Waals surface area contributed by atoms with Crippen LogP contribution in [0.15, 0.2) is 66.0 Å². The zero-order chi connectivity index (χ0) is 17.9. The molecule has 25 heavy (non-hydrogen) atoms. The van der Waals surface area contributed by atoms with Crippen LogP contribution in [0.5, 0.6) is 11.6 Å². The van der Waals surface area contributed by atoms with E-state index in [4.69, 9.17) is 27.9 Å². The molecular formula is C16H11Cl2N3O3S. The van der Waals surface area contributed by atoms with E-state index in [-0.39, 0.29) is 14.9 Å². The largest absolute Gasteiger partial charge is 0.437 e. The SMILES string of the molecule is O=S(=O)(Nc1cccc(Oc2cnccn2)c1)c1cc(Cl)ccc1Cl. The second kappa shape index (κ2) is 7.26. The summed E-state index contributed by atoms with van der Waals surface area (Å²) in [5.41, 5.74) is 0.303. The van der Waals surface area contributed by atoms with Crippen LogP contribution < -0.4 is 9.46 Å². The highest BCUT2D eigenvalue weighted by Gasteiger charge is 2.19. The Morgan fingerprint density at radius 3 is 2.64 bits per heavy atom. The van der Waals surface area contributed by atoms with Crippen LogP contribution in [0.4, 0.5) is 5.69 Å². The van der Waals surface area contributed by atoms with Gasteiger partial charge in [0, 0.05) is 23.5 Å². The molecular weight excluding hydrogens is 385 g/mol. The van der Waals surface area contributed by atoms with Gasteiger partial charge in [-0.15, -0.1) is 0 Å². The average Bonchev–Trinajstić information content (AvgIpc) is 2.58. The summed E-state index contributed by atoms with van der Waals surface area (Å²) in [5.74, 6) is 0.693. The Hall–Kier alpha value is -2.35. The van der Waals surface area contributed by atoms with Gasteiger partial charge in [0.15, 0.2) is 0 Å². The Kier molecular flexibility index (Phi) is 5.08. The lowest BCUT2D eigenvalue weighted by molar-refractivity contribution is 0.460. The number of halogens is 2. The summed E-state index contributed by atoms with van der Waals surface area (Å²) >= 11 is 11.8. The fourth-order valence-corrected chi connectivity index (χ4v) is 3.79. The van der Waals surface area contributed by atoms with Gasteiger partial charge < -0.3 is 4.74 Å². The molecule has 0 aliphatic rings. The van der Waals surface area contributed by atoms with E-state index in [9.17, 15) is 8.42 Å². The number of rotatable bonds is 5. The van der Waals surface area contributed by atoms with Crippen molar-refractivity contribution in [3.63, 3.8) is 0 Å². The summed E-state index contributed by atoms with van der Waals surface area (Å²) in [4.78, 5) is 7.78. The molecule has 128 valence electrons. The predicted octanol–water partition coefficient (Wildman–Crippen LogP) is 4.38. The van der Waals surface area contributed by atoms with Crippen LogP contribution in [0, 0.1) is 0 Å². The molecule has 0 aliphatic carbocycles. The van der Waals surface area contributed by atoms with Crippen LogP contribution in [0.3, 0.4) is 0 Å². The first-order chi connectivity index (χ1) is 11.9. The first kappa shape index (κ1) is 17.5. The van der Waals surface area contributed by atoms with Crippen molar-refractivity contribution in [2.24, 2.45) is 0 Å². The molecule has 0 fully saturated rings. The fraction of sp³-hybridized carbons (Fsp3) is 0. The monoisotopic (exact) mass is 395 g/mol. The molecule has 0 radical (unpaired) electrons. The number of nitrogens with zero attached hydrogens (tertiary/aromatic N) is 2. The average molecular weight is 396 g/mol. The Labute approximate surface area is 154 Å². The van der Waals surface area contributed by atoms with Crippen LogP contribution in [0.25, 0.3) is 0 Å². The van der Waals surface area contributed by atoms with E-state index in [1.807, 2.05) is 0 Å². The van der Waals surface area contributed by atoms with Gasteiger partial charge in [-0.2, -0.15) is 0 Å². The molecule has 1 heterocycles. The van der Waals surface area contributed by atoms with Gasteiger partial charge in [0.05, 0.1) is 16.9 Å². The van der Waals surface area contributed by atoms with E-state index < -0.39 is 10.0 Å². The van der Waals surface area contributed by atoms with Crippen LogP contribution in [-0.2, 0) is 10.0 Å². The highest BCUT2D eigenvalue weighted by atomic mass is 35.5. The topological polar surface area (TPSA) is 81.2 Å². The maximum Gasteiger partial charge on any atom is 0.263 e. The Morgan fingerprint density at radius 1 is 1.04 bits per heavy atom. The quantitative estimate of drug-likeness (QED) is 0.693. The normalized spacial score (nSPS) is 11.1. The third kappa shape index (κ3) is 4.39. The molecule has 9 heteroatoms. The summed E-state index contributed by atoms with van der Waals surface area (Å²) in [6, 6.07) is 10.6. The Balaban J connectivity index is 1.85. The molecule has 3 rings (SSSR count). The Bertz CT molecular complexity index is 999. The predicted molar refractivity (Wildman–Crippen MR) is 95.8 cm³/mol. The number of hydrogen-bond donors (Lipinski definition) is 1. The van der Waals surface area contributed by atoms with Gasteiger partial charge in [0.1, 0.15) is 10.6 Å². The zero-order valence-corrected chi connectivity index (χ0v) is 14.9. The van der Waals surface area contributed by atoms with E-state index in [0.717, 1.165) is 0 Å². The minimum absolute atomic E-state index is 0.0730. The van der Waals surface area contributed by atoms with Gasteiger partial charge in [-0.3, -0.25) is 9.71 Å². The lowest BCUT2D eigenvalue weighted by atomic mass is 10.3. The molecule has 1 N–H and O–H groups in total. The van der Waals surface area contributed by atoms with Crippen LogP contribution in [0.2, 0.25) is 10.0 Å². The minimum Gasteiger partial charge on any atom is -0.437 e. The van der Waals surface area contributed by atoms with E-state index in [0.29, 0.717) is 17.3 Å². The number of hydrogen-bond acceptors (Lipinski definition) is 5. The van der Waals surface area contributed by atoms with Crippen molar-refractivity contribution >= 4 is 38.9 Å². The molecule has 0 saturated carbocycles. The molecule has 0 spiro atoms. The summed E-state index contributed by atoms with van der Waals surface area (Å²) in [7, 11) is -3.91. The molecule has 1 aromatic heterocycles. The number of nitrogens with one attached hydrogen (secondary N) is 1. The number of ether oxygens (including phenoxy) is 1. The third-order valence-corrected chi connectivity index (χ3v) is 5.13. The number of aromatic nitrogens is 2.